The maximum atomic E-state index is 11.2. The number of aromatic carboxylic acids is 1. The number of anilines is 1. The number of likely N-dealkylation sites (N-methyl/N-ethyl adjacent to an activating group) is 1. The molecule has 104 valence electrons. The average molecular weight is 264 g/mol. The van der Waals surface area contributed by atoms with Crippen LogP contribution in [0.5, 0.6) is 0 Å². The molecule has 0 amide bonds. The maximum absolute atomic E-state index is 11.2. The third-order valence-corrected chi connectivity index (χ3v) is 3.28. The van der Waals surface area contributed by atoms with Crippen LogP contribution in [0.1, 0.15) is 28.9 Å². The molecule has 0 atom stereocenters. The number of nitrogens with zero attached hydrogens (tertiary/aromatic N) is 2. The number of carboxylic acid groups (broad SMARTS) is 1. The van der Waals surface area contributed by atoms with Gasteiger partial charge in [-0.25, -0.2) is 4.79 Å². The molecule has 0 unspecified atom stereocenters. The summed E-state index contributed by atoms with van der Waals surface area (Å²) < 4.78 is 5.58. The minimum absolute atomic E-state index is 0.232. The summed E-state index contributed by atoms with van der Waals surface area (Å²) in [5, 5.41) is 9.16. The highest BCUT2D eigenvalue weighted by atomic mass is 16.5. The Morgan fingerprint density at radius 2 is 2.32 bits per heavy atom. The van der Waals surface area contributed by atoms with Gasteiger partial charge < -0.3 is 14.7 Å². The lowest BCUT2D eigenvalue weighted by Gasteiger charge is -2.21. The van der Waals surface area contributed by atoms with Crippen molar-refractivity contribution in [3.63, 3.8) is 0 Å². The molecule has 0 saturated heterocycles. The Morgan fingerprint density at radius 1 is 1.58 bits per heavy atom. The van der Waals surface area contributed by atoms with E-state index < -0.39 is 5.97 Å². The van der Waals surface area contributed by atoms with Gasteiger partial charge in [-0.05, 0) is 31.7 Å². The van der Waals surface area contributed by atoms with E-state index in [1.54, 1.807) is 6.07 Å². The van der Waals surface area contributed by atoms with Crippen LogP contribution < -0.4 is 4.90 Å². The molecule has 0 aliphatic heterocycles. The summed E-state index contributed by atoms with van der Waals surface area (Å²) in [6.07, 6.45) is 3.97. The van der Waals surface area contributed by atoms with Gasteiger partial charge in [0.05, 0.1) is 12.3 Å². The first-order valence-corrected chi connectivity index (χ1v) is 6.56. The first kappa shape index (κ1) is 13.8. The molecule has 0 bridgehead atoms. The third-order valence-electron chi connectivity index (χ3n) is 3.28. The lowest BCUT2D eigenvalue weighted by Crippen LogP contribution is -2.25. The smallest absolute Gasteiger partial charge is 0.339 e. The summed E-state index contributed by atoms with van der Waals surface area (Å²) in [7, 11) is 1.88. The second kappa shape index (κ2) is 6.02. The minimum atomic E-state index is -0.951. The largest absolute Gasteiger partial charge is 0.478 e. The number of aryl methyl sites for hydroxylation is 1. The Labute approximate surface area is 113 Å². The Hall–Kier alpha value is -1.62. The van der Waals surface area contributed by atoms with Crippen LogP contribution in [0.25, 0.3) is 0 Å². The number of rotatable bonds is 7. The lowest BCUT2D eigenvalue weighted by molar-refractivity contribution is 0.0697. The summed E-state index contributed by atoms with van der Waals surface area (Å²) in [6, 6.07) is 1.80. The van der Waals surface area contributed by atoms with Crippen molar-refractivity contribution in [1.82, 2.24) is 4.98 Å². The number of carboxylic acids is 1. The van der Waals surface area contributed by atoms with Crippen molar-refractivity contribution in [2.75, 3.05) is 31.7 Å². The Morgan fingerprint density at radius 3 is 2.95 bits per heavy atom. The van der Waals surface area contributed by atoms with E-state index in [0.29, 0.717) is 18.8 Å². The van der Waals surface area contributed by atoms with Gasteiger partial charge in [0.2, 0.25) is 0 Å². The predicted molar refractivity (Wildman–Crippen MR) is 72.7 cm³/mol. The molecule has 1 saturated carbocycles. The number of carbonyl (C=O) groups is 1. The van der Waals surface area contributed by atoms with Crippen molar-refractivity contribution in [2.24, 2.45) is 5.92 Å². The normalized spacial score (nSPS) is 14.4. The topological polar surface area (TPSA) is 62.7 Å². The van der Waals surface area contributed by atoms with Gasteiger partial charge in [-0.1, -0.05) is 0 Å². The predicted octanol–water partition coefficient (Wildman–Crippen LogP) is 1.95. The number of hydrogen-bond donors (Lipinski definition) is 1. The Bertz CT molecular complexity index is 458. The molecule has 2 rings (SSSR count). The van der Waals surface area contributed by atoms with Crippen LogP contribution in [0, 0.1) is 12.8 Å². The Kier molecular flexibility index (Phi) is 4.37. The van der Waals surface area contributed by atoms with Gasteiger partial charge in [-0.3, -0.25) is 4.98 Å². The average Bonchev–Trinajstić information content (AvgIpc) is 3.18. The van der Waals surface area contributed by atoms with Crippen molar-refractivity contribution in [2.45, 2.75) is 19.8 Å². The minimum Gasteiger partial charge on any atom is -0.478 e. The molecular weight excluding hydrogens is 244 g/mol. The highest BCUT2D eigenvalue weighted by molar-refractivity contribution is 5.94. The van der Waals surface area contributed by atoms with E-state index in [-0.39, 0.29) is 5.56 Å². The molecule has 1 aromatic heterocycles. The molecule has 1 aromatic rings. The van der Waals surface area contributed by atoms with Gasteiger partial charge in [0.1, 0.15) is 5.56 Å². The number of aromatic nitrogens is 1. The molecule has 1 aliphatic carbocycles. The highest BCUT2D eigenvalue weighted by Gasteiger charge is 2.21. The fraction of sp³-hybridized carbons (Fsp3) is 0.571. The van der Waals surface area contributed by atoms with Gasteiger partial charge >= 0.3 is 5.97 Å². The molecular formula is C14H20N2O3. The van der Waals surface area contributed by atoms with Crippen LogP contribution in [0.15, 0.2) is 12.3 Å². The van der Waals surface area contributed by atoms with Crippen molar-refractivity contribution in [3.05, 3.63) is 23.5 Å². The van der Waals surface area contributed by atoms with E-state index in [0.717, 1.165) is 18.2 Å². The summed E-state index contributed by atoms with van der Waals surface area (Å²) in [4.78, 5) is 17.1. The fourth-order valence-corrected chi connectivity index (χ4v) is 1.88. The zero-order chi connectivity index (χ0) is 13.8. The van der Waals surface area contributed by atoms with Crippen LogP contribution in [-0.2, 0) is 4.74 Å². The molecule has 5 heteroatoms. The molecule has 1 N–H and O–H groups in total. The molecule has 19 heavy (non-hydrogen) atoms. The molecule has 1 aliphatic rings. The standard InChI is InChI=1S/C14H20N2O3/c1-10-7-13(12(8-15-10)14(17)18)16(2)5-6-19-9-11-3-4-11/h7-8,11H,3-6,9H2,1-2H3,(H,17,18). The van der Waals surface area contributed by atoms with Crippen LogP contribution in [-0.4, -0.2) is 42.9 Å². The van der Waals surface area contributed by atoms with E-state index in [2.05, 4.69) is 4.98 Å². The molecule has 1 fully saturated rings. The first-order chi connectivity index (χ1) is 9.08. The number of pyridine rings is 1. The van der Waals surface area contributed by atoms with Crippen molar-refractivity contribution < 1.29 is 14.6 Å². The number of hydrogen-bond acceptors (Lipinski definition) is 4. The van der Waals surface area contributed by atoms with Crippen molar-refractivity contribution in [1.29, 1.82) is 0 Å². The SMILES string of the molecule is Cc1cc(N(C)CCOCC2CC2)c(C(=O)O)cn1. The highest BCUT2D eigenvalue weighted by Crippen LogP contribution is 2.28. The molecule has 0 aromatic carbocycles. The van der Waals surface area contributed by atoms with E-state index >= 15 is 0 Å². The van der Waals surface area contributed by atoms with Crippen LogP contribution >= 0.6 is 0 Å². The summed E-state index contributed by atoms with van der Waals surface area (Å²) in [5.74, 6) is -0.198. The molecule has 5 nitrogen and oxygen atoms in total. The van der Waals surface area contributed by atoms with E-state index in [4.69, 9.17) is 9.84 Å². The van der Waals surface area contributed by atoms with Crippen LogP contribution in [0.2, 0.25) is 0 Å². The monoisotopic (exact) mass is 264 g/mol. The van der Waals surface area contributed by atoms with Crippen LogP contribution in [0.3, 0.4) is 0 Å². The van der Waals surface area contributed by atoms with Gasteiger partial charge in [0.15, 0.2) is 0 Å². The van der Waals surface area contributed by atoms with E-state index in [1.807, 2.05) is 18.9 Å². The first-order valence-electron chi connectivity index (χ1n) is 6.56. The van der Waals surface area contributed by atoms with Gasteiger partial charge in [-0.2, -0.15) is 0 Å². The third kappa shape index (κ3) is 3.92. The summed E-state index contributed by atoms with van der Waals surface area (Å²) >= 11 is 0. The van der Waals surface area contributed by atoms with Gasteiger partial charge in [-0.15, -0.1) is 0 Å². The second-order valence-electron chi connectivity index (χ2n) is 5.09. The van der Waals surface area contributed by atoms with Crippen LogP contribution in [0.4, 0.5) is 5.69 Å². The molecule has 0 radical (unpaired) electrons. The Balaban J connectivity index is 1.93. The summed E-state index contributed by atoms with van der Waals surface area (Å²) in [6.45, 7) is 3.98. The number of ether oxygens (including phenoxy) is 1. The maximum Gasteiger partial charge on any atom is 0.339 e. The summed E-state index contributed by atoms with van der Waals surface area (Å²) in [5.41, 5.74) is 1.73. The zero-order valence-corrected chi connectivity index (χ0v) is 11.4. The zero-order valence-electron chi connectivity index (χ0n) is 11.4. The van der Waals surface area contributed by atoms with Gasteiger partial charge in [0, 0.05) is 32.1 Å². The lowest BCUT2D eigenvalue weighted by atomic mass is 10.2. The van der Waals surface area contributed by atoms with E-state index in [1.165, 1.54) is 19.0 Å². The van der Waals surface area contributed by atoms with Crippen molar-refractivity contribution >= 4 is 11.7 Å². The second-order valence-corrected chi connectivity index (χ2v) is 5.09. The van der Waals surface area contributed by atoms with E-state index in [9.17, 15) is 4.79 Å². The fourth-order valence-electron chi connectivity index (χ4n) is 1.88. The molecule has 1 heterocycles. The quantitative estimate of drug-likeness (QED) is 0.763. The van der Waals surface area contributed by atoms with Crippen molar-refractivity contribution in [3.8, 4) is 0 Å². The molecule has 0 spiro atoms. The van der Waals surface area contributed by atoms with Gasteiger partial charge in [0.25, 0.3) is 0 Å².